The third kappa shape index (κ3) is 5.48. The third-order valence-corrected chi connectivity index (χ3v) is 9.38. The van der Waals surface area contributed by atoms with Crippen molar-refractivity contribution in [3.8, 4) is 11.1 Å². The third-order valence-electron chi connectivity index (χ3n) is 9.38. The molecule has 4 heterocycles. The van der Waals surface area contributed by atoms with Crippen LogP contribution in [0, 0.1) is 5.41 Å². The predicted octanol–water partition coefficient (Wildman–Crippen LogP) is 4.06. The summed E-state index contributed by atoms with van der Waals surface area (Å²) in [5.41, 5.74) is 2.27. The maximum Gasteiger partial charge on any atom is 0.417 e. The van der Waals surface area contributed by atoms with Crippen molar-refractivity contribution in [2.75, 3.05) is 56.1 Å². The molecule has 1 aromatic carbocycles. The largest absolute Gasteiger partial charge is 0.417 e. The van der Waals surface area contributed by atoms with E-state index in [9.17, 15) is 23.4 Å². The van der Waals surface area contributed by atoms with Gasteiger partial charge in [0.2, 0.25) is 6.41 Å². The number of likely N-dealkylation sites (tertiary alicyclic amines) is 1. The van der Waals surface area contributed by atoms with Crippen LogP contribution in [0.1, 0.15) is 44.1 Å². The first-order valence-corrected chi connectivity index (χ1v) is 14.9. The number of amidine groups is 1. The summed E-state index contributed by atoms with van der Waals surface area (Å²) in [6.45, 7) is 3.81. The fourth-order valence-electron chi connectivity index (χ4n) is 6.68. The van der Waals surface area contributed by atoms with Crippen LogP contribution in [-0.2, 0) is 18.0 Å². The SMILES string of the molecule is CN1CCN(C(=N)C2=C(NC3CCN(C4CCC4)CC3)CCN(C=O)C2)c2cc(C(F)(F)F)c(-c3cnn(C)c3)cc21. The van der Waals surface area contributed by atoms with Crippen molar-refractivity contribution in [1.29, 1.82) is 5.41 Å². The fourth-order valence-corrected chi connectivity index (χ4v) is 6.68. The Hall–Kier alpha value is -3.54. The van der Waals surface area contributed by atoms with Gasteiger partial charge in [-0.3, -0.25) is 14.9 Å². The van der Waals surface area contributed by atoms with Crippen molar-refractivity contribution in [2.45, 2.75) is 56.8 Å². The first-order valence-electron chi connectivity index (χ1n) is 14.9. The molecule has 0 atom stereocenters. The number of halogens is 3. The van der Waals surface area contributed by atoms with Crippen LogP contribution in [0.25, 0.3) is 11.1 Å². The van der Waals surface area contributed by atoms with Gasteiger partial charge in [0.05, 0.1) is 29.7 Å². The molecular formula is C30H39F3N8O. The summed E-state index contributed by atoms with van der Waals surface area (Å²) >= 11 is 0. The van der Waals surface area contributed by atoms with Gasteiger partial charge in [-0.05, 0) is 43.4 Å². The number of amides is 1. The number of carbonyl (C=O) groups excluding carboxylic acids is 1. The number of nitrogens with one attached hydrogen (secondary N) is 2. The van der Waals surface area contributed by atoms with Gasteiger partial charge in [-0.2, -0.15) is 18.3 Å². The molecular weight excluding hydrogens is 545 g/mol. The highest BCUT2D eigenvalue weighted by Crippen LogP contribution is 2.45. The molecule has 1 aliphatic carbocycles. The lowest BCUT2D eigenvalue weighted by molar-refractivity contribution is -0.137. The monoisotopic (exact) mass is 584 g/mol. The molecule has 0 spiro atoms. The lowest BCUT2D eigenvalue weighted by Gasteiger charge is -2.43. The normalized spacial score (nSPS) is 20.9. The quantitative estimate of drug-likeness (QED) is 0.303. The fraction of sp³-hybridized carbons (Fsp3) is 0.567. The summed E-state index contributed by atoms with van der Waals surface area (Å²) in [7, 11) is 3.53. The van der Waals surface area contributed by atoms with Crippen LogP contribution in [0.4, 0.5) is 24.5 Å². The van der Waals surface area contributed by atoms with Gasteiger partial charge in [0.25, 0.3) is 0 Å². The first-order chi connectivity index (χ1) is 20.1. The number of carbonyl (C=O) groups is 1. The van der Waals surface area contributed by atoms with E-state index < -0.39 is 11.7 Å². The minimum absolute atomic E-state index is 0.0641. The zero-order valence-electron chi connectivity index (χ0n) is 24.3. The molecule has 6 rings (SSSR count). The molecule has 2 aromatic rings. The topological polar surface area (TPSA) is 83.7 Å². The van der Waals surface area contributed by atoms with E-state index >= 15 is 0 Å². The molecule has 3 aliphatic heterocycles. The van der Waals surface area contributed by atoms with E-state index in [2.05, 4.69) is 15.3 Å². The lowest BCUT2D eigenvalue weighted by atomic mass is 9.89. The van der Waals surface area contributed by atoms with E-state index in [1.807, 2.05) is 11.9 Å². The molecule has 2 fully saturated rings. The number of anilines is 2. The molecule has 0 unspecified atom stereocenters. The maximum atomic E-state index is 14.4. The molecule has 9 nitrogen and oxygen atoms in total. The Balaban J connectivity index is 1.32. The van der Waals surface area contributed by atoms with Crippen LogP contribution >= 0.6 is 0 Å². The zero-order valence-corrected chi connectivity index (χ0v) is 24.3. The van der Waals surface area contributed by atoms with Crippen molar-refractivity contribution < 1.29 is 18.0 Å². The van der Waals surface area contributed by atoms with E-state index in [1.165, 1.54) is 36.2 Å². The Morgan fingerprint density at radius 3 is 2.43 bits per heavy atom. The summed E-state index contributed by atoms with van der Waals surface area (Å²) in [6.07, 6.45) is 5.74. The summed E-state index contributed by atoms with van der Waals surface area (Å²) in [5.74, 6) is 0.146. The summed E-state index contributed by atoms with van der Waals surface area (Å²) in [6, 6.07) is 3.74. The highest BCUT2D eigenvalue weighted by Gasteiger charge is 2.38. The second-order valence-electron chi connectivity index (χ2n) is 12.0. The Bertz CT molecular complexity index is 1370. The number of rotatable bonds is 6. The molecule has 2 N–H and O–H groups in total. The summed E-state index contributed by atoms with van der Waals surface area (Å²) in [4.78, 5) is 19.6. The van der Waals surface area contributed by atoms with E-state index in [-0.39, 0.29) is 24.0 Å². The van der Waals surface area contributed by atoms with Gasteiger partial charge >= 0.3 is 6.18 Å². The number of hydrogen-bond donors (Lipinski definition) is 2. The Morgan fingerprint density at radius 1 is 1.05 bits per heavy atom. The molecule has 0 radical (unpaired) electrons. The second-order valence-corrected chi connectivity index (χ2v) is 12.0. The van der Waals surface area contributed by atoms with E-state index in [0.29, 0.717) is 48.6 Å². The van der Waals surface area contributed by atoms with Gasteiger partial charge in [0.15, 0.2) is 0 Å². The smallest absolute Gasteiger partial charge is 0.385 e. The highest BCUT2D eigenvalue weighted by molar-refractivity contribution is 6.11. The minimum atomic E-state index is -4.59. The first kappa shape index (κ1) is 28.6. The molecule has 1 aromatic heterocycles. The van der Waals surface area contributed by atoms with Gasteiger partial charge in [0, 0.05) is 88.4 Å². The van der Waals surface area contributed by atoms with Gasteiger partial charge in [0.1, 0.15) is 5.84 Å². The lowest BCUT2D eigenvalue weighted by Crippen LogP contribution is -2.50. The van der Waals surface area contributed by atoms with Crippen LogP contribution < -0.4 is 15.1 Å². The van der Waals surface area contributed by atoms with Crippen molar-refractivity contribution >= 4 is 23.6 Å². The zero-order chi connectivity index (χ0) is 29.6. The van der Waals surface area contributed by atoms with Crippen LogP contribution in [-0.4, -0.2) is 90.2 Å². The molecule has 42 heavy (non-hydrogen) atoms. The van der Waals surface area contributed by atoms with Crippen LogP contribution in [0.2, 0.25) is 0 Å². The van der Waals surface area contributed by atoms with Gasteiger partial charge in [-0.1, -0.05) is 6.42 Å². The van der Waals surface area contributed by atoms with Crippen molar-refractivity contribution in [1.82, 2.24) is 24.9 Å². The maximum absolute atomic E-state index is 14.4. The number of benzene rings is 1. The van der Waals surface area contributed by atoms with Gasteiger partial charge in [-0.15, -0.1) is 0 Å². The number of piperidine rings is 1. The number of likely N-dealkylation sites (N-methyl/N-ethyl adjacent to an activating group) is 1. The van der Waals surface area contributed by atoms with E-state index in [4.69, 9.17) is 0 Å². The number of aryl methyl sites for hydroxylation is 1. The molecule has 4 aliphatic rings. The molecule has 226 valence electrons. The molecule has 1 saturated heterocycles. The predicted molar refractivity (Wildman–Crippen MR) is 157 cm³/mol. The highest BCUT2D eigenvalue weighted by atomic mass is 19.4. The van der Waals surface area contributed by atoms with Gasteiger partial charge < -0.3 is 24.9 Å². The molecule has 1 amide bonds. The summed E-state index contributed by atoms with van der Waals surface area (Å²) < 4.78 is 44.8. The number of aromatic nitrogens is 2. The number of hydrogen-bond acceptors (Lipinski definition) is 6. The summed E-state index contributed by atoms with van der Waals surface area (Å²) in [5, 5.41) is 17.1. The Labute approximate surface area is 244 Å². The average molecular weight is 585 g/mol. The van der Waals surface area contributed by atoms with Crippen molar-refractivity contribution in [3.05, 3.63) is 41.4 Å². The number of fused-ring (bicyclic) bond motifs is 1. The Morgan fingerprint density at radius 2 is 1.81 bits per heavy atom. The van der Waals surface area contributed by atoms with Crippen LogP contribution in [0.15, 0.2) is 35.8 Å². The second kappa shape index (κ2) is 11.3. The van der Waals surface area contributed by atoms with Gasteiger partial charge in [-0.25, -0.2) is 0 Å². The Kier molecular flexibility index (Phi) is 7.67. The van der Waals surface area contributed by atoms with Crippen LogP contribution in [0.3, 0.4) is 0 Å². The molecule has 1 saturated carbocycles. The van der Waals surface area contributed by atoms with Crippen molar-refractivity contribution in [2.24, 2.45) is 7.05 Å². The van der Waals surface area contributed by atoms with Crippen LogP contribution in [0.5, 0.6) is 0 Å². The van der Waals surface area contributed by atoms with Crippen molar-refractivity contribution in [3.63, 3.8) is 0 Å². The van der Waals surface area contributed by atoms with E-state index in [1.54, 1.807) is 29.1 Å². The molecule has 12 heteroatoms. The average Bonchev–Trinajstić information content (AvgIpc) is 3.38. The number of nitrogens with zero attached hydrogens (tertiary/aromatic N) is 6. The molecule has 0 bridgehead atoms. The minimum Gasteiger partial charge on any atom is -0.385 e. The standard InChI is InChI=1S/C30H39F3N8O/c1-37-12-13-41(28-15-25(30(31,32)33)23(14-27(28)37)20-16-35-38(2)17-20)29(34)24-18-39(19-42)9-8-26(24)36-21-6-10-40(11-7-21)22-4-3-5-22/h14-17,19,21-22,34,36H,3-13,18H2,1-2H3. The number of alkyl halides is 3. The van der Waals surface area contributed by atoms with E-state index in [0.717, 1.165) is 44.1 Å².